The Morgan fingerprint density at radius 1 is 1.18 bits per heavy atom. The number of hydrogen-bond donors (Lipinski definition) is 3. The van der Waals surface area contributed by atoms with Crippen molar-refractivity contribution < 1.29 is 24.2 Å². The summed E-state index contributed by atoms with van der Waals surface area (Å²) >= 11 is 0. The Morgan fingerprint density at radius 2 is 2.00 bits per heavy atom. The molecule has 0 saturated heterocycles. The van der Waals surface area contributed by atoms with Crippen molar-refractivity contribution in [3.8, 4) is 22.6 Å². The topological polar surface area (TPSA) is 118 Å². The third-order valence-electron chi connectivity index (χ3n) is 8.18. The van der Waals surface area contributed by atoms with Crippen LogP contribution in [0.2, 0.25) is 0 Å². The molecule has 3 aromatic rings. The molecule has 0 aliphatic carbocycles. The minimum atomic E-state index is -0.284. The molecule has 10 nitrogen and oxygen atoms in total. The molecule has 1 aliphatic heterocycles. The fraction of sp³-hybridized carbons (Fsp3) is 0.500. The number of fused-ring (bicyclic) bond motifs is 1. The highest BCUT2D eigenvalue weighted by atomic mass is 16.5. The molecule has 238 valence electrons. The summed E-state index contributed by atoms with van der Waals surface area (Å²) in [6, 6.07) is 11.9. The molecule has 1 unspecified atom stereocenters. The summed E-state index contributed by atoms with van der Waals surface area (Å²) in [6.45, 7) is 14.2. The molecule has 0 fully saturated rings. The monoisotopic (exact) mass is 605 g/mol. The Hall–Kier alpha value is -3.89. The lowest BCUT2D eigenvalue weighted by molar-refractivity contribution is -0.136. The molecule has 0 radical (unpaired) electrons. The van der Waals surface area contributed by atoms with Gasteiger partial charge >= 0.3 is 0 Å². The van der Waals surface area contributed by atoms with Crippen LogP contribution >= 0.6 is 0 Å². The number of ether oxygens (including phenoxy) is 2. The first-order valence-electron chi connectivity index (χ1n) is 15.5. The van der Waals surface area contributed by atoms with Crippen LogP contribution in [0.5, 0.6) is 11.5 Å². The Morgan fingerprint density at radius 3 is 2.75 bits per heavy atom. The Bertz CT molecular complexity index is 1410. The molecule has 3 N–H and O–H groups in total. The van der Waals surface area contributed by atoms with E-state index >= 15 is 0 Å². The van der Waals surface area contributed by atoms with E-state index in [0.717, 1.165) is 29.7 Å². The number of aryl methyl sites for hydroxylation is 1. The zero-order valence-electron chi connectivity index (χ0n) is 26.7. The average Bonchev–Trinajstić information content (AvgIpc) is 3.49. The molecule has 10 heteroatoms. The quantitative estimate of drug-likeness (QED) is 0.171. The molecule has 0 saturated carbocycles. The smallest absolute Gasteiger partial charge is 0.262 e. The van der Waals surface area contributed by atoms with E-state index < -0.39 is 0 Å². The number of aromatic nitrogens is 2. The Kier molecular flexibility index (Phi) is 11.4. The Balaban J connectivity index is 1.22. The fourth-order valence-electron chi connectivity index (χ4n) is 5.15. The van der Waals surface area contributed by atoms with Crippen molar-refractivity contribution >= 4 is 17.5 Å². The summed E-state index contributed by atoms with van der Waals surface area (Å²) in [7, 11) is 0. The van der Waals surface area contributed by atoms with Crippen molar-refractivity contribution in [2.45, 2.75) is 66.5 Å². The second kappa shape index (κ2) is 15.2. The normalized spacial score (nSPS) is 13.6. The zero-order chi connectivity index (χ0) is 31.7. The molecule has 4 rings (SSSR count). The van der Waals surface area contributed by atoms with E-state index in [-0.39, 0.29) is 35.6 Å². The molecular formula is C34H47N5O5. The number of nitrogens with one attached hydrogen (secondary N) is 2. The van der Waals surface area contributed by atoms with Crippen LogP contribution in [0.25, 0.3) is 11.1 Å². The third kappa shape index (κ3) is 8.83. The van der Waals surface area contributed by atoms with Gasteiger partial charge < -0.3 is 30.1 Å². The lowest BCUT2D eigenvalue weighted by Crippen LogP contribution is -2.48. The number of aromatic hydroxyl groups is 1. The van der Waals surface area contributed by atoms with Gasteiger partial charge in [-0.3, -0.25) is 14.3 Å². The molecule has 2 heterocycles. The second-order valence-corrected chi connectivity index (χ2v) is 12.3. The largest absolute Gasteiger partial charge is 0.506 e. The van der Waals surface area contributed by atoms with Crippen molar-refractivity contribution in [2.75, 3.05) is 44.8 Å². The molecule has 2 amide bonds. The first-order chi connectivity index (χ1) is 21.1. The summed E-state index contributed by atoms with van der Waals surface area (Å²) in [5.41, 5.74) is 4.59. The van der Waals surface area contributed by atoms with Gasteiger partial charge in [-0.2, -0.15) is 5.10 Å². The van der Waals surface area contributed by atoms with E-state index in [4.69, 9.17) is 9.47 Å². The van der Waals surface area contributed by atoms with E-state index in [1.165, 1.54) is 5.56 Å². The van der Waals surface area contributed by atoms with Gasteiger partial charge in [0.25, 0.3) is 5.91 Å². The zero-order valence-corrected chi connectivity index (χ0v) is 26.7. The maximum Gasteiger partial charge on any atom is 0.262 e. The van der Waals surface area contributed by atoms with Crippen LogP contribution in [-0.4, -0.2) is 77.1 Å². The van der Waals surface area contributed by atoms with Gasteiger partial charge in [0.1, 0.15) is 11.4 Å². The Labute approximate surface area is 260 Å². The first kappa shape index (κ1) is 33.0. The SMILES string of the molecule is CCn1cc(-c2cccc(CCOCCC(=O)N(CCNCCc3ccc(O)c4c3OCC(=O)N4)C(C)C(C)(C)C)c2)cn1. The van der Waals surface area contributed by atoms with Crippen molar-refractivity contribution in [3.63, 3.8) is 0 Å². The van der Waals surface area contributed by atoms with Crippen molar-refractivity contribution in [1.29, 1.82) is 0 Å². The van der Waals surface area contributed by atoms with E-state index in [9.17, 15) is 14.7 Å². The second-order valence-electron chi connectivity index (χ2n) is 12.3. The van der Waals surface area contributed by atoms with E-state index in [1.807, 2.05) is 21.8 Å². The molecule has 0 bridgehead atoms. The van der Waals surface area contributed by atoms with Gasteiger partial charge in [0.05, 0.1) is 25.8 Å². The summed E-state index contributed by atoms with van der Waals surface area (Å²) in [5, 5.41) is 20.6. The summed E-state index contributed by atoms with van der Waals surface area (Å²) in [6.07, 6.45) is 5.71. The highest BCUT2D eigenvalue weighted by Crippen LogP contribution is 2.39. The molecule has 1 atom stereocenters. The number of anilines is 1. The minimum Gasteiger partial charge on any atom is -0.506 e. The summed E-state index contributed by atoms with van der Waals surface area (Å²) in [5.74, 6) is 0.305. The van der Waals surface area contributed by atoms with Crippen LogP contribution < -0.4 is 15.4 Å². The van der Waals surface area contributed by atoms with E-state index in [0.29, 0.717) is 57.1 Å². The van der Waals surface area contributed by atoms with Crippen LogP contribution in [0.3, 0.4) is 0 Å². The third-order valence-corrected chi connectivity index (χ3v) is 8.18. The van der Waals surface area contributed by atoms with E-state index in [1.54, 1.807) is 6.07 Å². The highest BCUT2D eigenvalue weighted by molar-refractivity contribution is 5.97. The molecule has 0 spiro atoms. The summed E-state index contributed by atoms with van der Waals surface area (Å²) < 4.78 is 13.4. The fourth-order valence-corrected chi connectivity index (χ4v) is 5.15. The van der Waals surface area contributed by atoms with Crippen molar-refractivity contribution in [2.24, 2.45) is 5.41 Å². The highest BCUT2D eigenvalue weighted by Gasteiger charge is 2.29. The molecule has 1 aromatic heterocycles. The number of carbonyl (C=O) groups is 2. The predicted molar refractivity (Wildman–Crippen MR) is 172 cm³/mol. The van der Waals surface area contributed by atoms with Gasteiger partial charge in [0, 0.05) is 37.4 Å². The number of hydrogen-bond acceptors (Lipinski definition) is 7. The molecule has 1 aliphatic rings. The number of nitrogens with zero attached hydrogens (tertiary/aromatic N) is 3. The van der Waals surface area contributed by atoms with Crippen LogP contribution in [0.1, 0.15) is 52.2 Å². The predicted octanol–water partition coefficient (Wildman–Crippen LogP) is 4.65. The first-order valence-corrected chi connectivity index (χ1v) is 15.5. The molecule has 44 heavy (non-hydrogen) atoms. The number of carbonyl (C=O) groups excluding carboxylic acids is 2. The van der Waals surface area contributed by atoms with Crippen LogP contribution in [0.15, 0.2) is 48.8 Å². The lowest BCUT2D eigenvalue weighted by atomic mass is 9.86. The number of phenols is 1. The van der Waals surface area contributed by atoms with Gasteiger partial charge in [0.15, 0.2) is 12.4 Å². The maximum absolute atomic E-state index is 13.3. The van der Waals surface area contributed by atoms with Gasteiger partial charge in [-0.05, 0) is 61.4 Å². The van der Waals surface area contributed by atoms with Crippen LogP contribution in [0.4, 0.5) is 5.69 Å². The average molecular weight is 606 g/mol. The standard InChI is InChI=1S/C34H47N5O5/c1-6-38-22-28(21-36-38)27-9-7-8-25(20-27)13-18-43-19-14-31(42)39(24(2)34(3,4)5)17-16-35-15-12-26-10-11-29(40)32-33(26)44-23-30(41)37-32/h7-11,20-22,24,35,40H,6,12-19,23H2,1-5H3,(H,37,41). The van der Waals surface area contributed by atoms with Crippen molar-refractivity contribution in [3.05, 3.63) is 59.9 Å². The number of amides is 2. The van der Waals surface area contributed by atoms with Crippen molar-refractivity contribution in [1.82, 2.24) is 20.0 Å². The summed E-state index contributed by atoms with van der Waals surface area (Å²) in [4.78, 5) is 26.9. The van der Waals surface area contributed by atoms with E-state index in [2.05, 4.69) is 80.8 Å². The minimum absolute atomic E-state index is 0.00973. The number of rotatable bonds is 15. The number of phenolic OH excluding ortho intramolecular Hbond substituents is 1. The van der Waals surface area contributed by atoms with Gasteiger partial charge in [-0.25, -0.2) is 0 Å². The number of benzene rings is 2. The maximum atomic E-state index is 13.3. The van der Waals surface area contributed by atoms with Gasteiger partial charge in [-0.1, -0.05) is 51.1 Å². The van der Waals surface area contributed by atoms with Gasteiger partial charge in [-0.15, -0.1) is 0 Å². The molecular weight excluding hydrogens is 558 g/mol. The molecule has 2 aromatic carbocycles. The van der Waals surface area contributed by atoms with Crippen LogP contribution in [0, 0.1) is 5.41 Å². The lowest BCUT2D eigenvalue weighted by Gasteiger charge is -2.38. The van der Waals surface area contributed by atoms with Crippen LogP contribution in [-0.2, 0) is 33.7 Å². The van der Waals surface area contributed by atoms with Gasteiger partial charge in [0.2, 0.25) is 5.91 Å².